The minimum absolute atomic E-state index is 0.00322. The predicted molar refractivity (Wildman–Crippen MR) is 70.6 cm³/mol. The van der Waals surface area contributed by atoms with Crippen LogP contribution in [-0.4, -0.2) is 39.6 Å². The number of nitrogens with one attached hydrogen (secondary N) is 1. The fourth-order valence-corrected chi connectivity index (χ4v) is 6.27. The van der Waals surface area contributed by atoms with Gasteiger partial charge >= 0.3 is 0 Å². The maximum Gasteiger partial charge on any atom is 0.214 e. The summed E-state index contributed by atoms with van der Waals surface area (Å²) in [5.74, 6) is 0.00644. The third-order valence-electron chi connectivity index (χ3n) is 3.88. The third-order valence-corrected chi connectivity index (χ3v) is 7.60. The first kappa shape index (κ1) is 14.3. The highest BCUT2D eigenvalue weighted by Crippen LogP contribution is 2.22. The van der Waals surface area contributed by atoms with Gasteiger partial charge in [-0.3, -0.25) is 0 Å². The topological polar surface area (TPSA) is 80.3 Å². The van der Waals surface area contributed by atoms with E-state index >= 15 is 0 Å². The van der Waals surface area contributed by atoms with Crippen molar-refractivity contribution < 1.29 is 16.8 Å². The SMILES string of the molecule is O=S1(=O)CCC(S(=O)(=O)NC2CCCCC2)CC1. The molecule has 0 aromatic rings. The van der Waals surface area contributed by atoms with Gasteiger partial charge in [0.1, 0.15) is 9.84 Å². The Morgan fingerprint density at radius 1 is 0.889 bits per heavy atom. The van der Waals surface area contributed by atoms with Gasteiger partial charge in [-0.25, -0.2) is 21.6 Å². The van der Waals surface area contributed by atoms with Crippen molar-refractivity contribution in [1.82, 2.24) is 4.72 Å². The second-order valence-electron chi connectivity index (χ2n) is 5.35. The Balaban J connectivity index is 1.94. The largest absolute Gasteiger partial charge is 0.229 e. The summed E-state index contributed by atoms with van der Waals surface area (Å²) in [5.41, 5.74) is 0. The number of hydrogen-bond donors (Lipinski definition) is 1. The summed E-state index contributed by atoms with van der Waals surface area (Å²) in [6, 6.07) is 0.0577. The molecule has 1 saturated heterocycles. The van der Waals surface area contributed by atoms with E-state index in [4.69, 9.17) is 0 Å². The summed E-state index contributed by atoms with van der Waals surface area (Å²) < 4.78 is 49.7. The van der Waals surface area contributed by atoms with Crippen LogP contribution in [0.3, 0.4) is 0 Å². The molecule has 1 heterocycles. The molecule has 18 heavy (non-hydrogen) atoms. The van der Waals surface area contributed by atoms with Crippen molar-refractivity contribution in [3.05, 3.63) is 0 Å². The molecule has 0 unspecified atom stereocenters. The smallest absolute Gasteiger partial charge is 0.214 e. The maximum atomic E-state index is 12.2. The number of sulfonamides is 1. The van der Waals surface area contributed by atoms with Crippen LogP contribution in [0.25, 0.3) is 0 Å². The Kier molecular flexibility index (Phi) is 4.33. The van der Waals surface area contributed by atoms with E-state index in [0.29, 0.717) is 0 Å². The van der Waals surface area contributed by atoms with Crippen molar-refractivity contribution in [3.8, 4) is 0 Å². The lowest BCUT2D eigenvalue weighted by Gasteiger charge is -2.27. The zero-order valence-electron chi connectivity index (χ0n) is 10.5. The van der Waals surface area contributed by atoms with E-state index < -0.39 is 25.1 Å². The quantitative estimate of drug-likeness (QED) is 0.835. The first-order valence-electron chi connectivity index (χ1n) is 6.61. The Bertz CT molecular complexity index is 463. The van der Waals surface area contributed by atoms with Crippen LogP contribution in [0.5, 0.6) is 0 Å². The molecule has 1 saturated carbocycles. The Labute approximate surface area is 109 Å². The summed E-state index contributed by atoms with van der Waals surface area (Å²) in [5, 5.41) is -0.525. The van der Waals surface area contributed by atoms with E-state index in [2.05, 4.69) is 4.72 Å². The molecule has 1 aliphatic carbocycles. The van der Waals surface area contributed by atoms with Crippen LogP contribution in [0.4, 0.5) is 0 Å². The fourth-order valence-electron chi connectivity index (χ4n) is 2.73. The normalized spacial score (nSPS) is 27.1. The monoisotopic (exact) mass is 295 g/mol. The van der Waals surface area contributed by atoms with Crippen LogP contribution in [0, 0.1) is 0 Å². The highest BCUT2D eigenvalue weighted by atomic mass is 32.2. The van der Waals surface area contributed by atoms with Crippen LogP contribution in [-0.2, 0) is 19.9 Å². The van der Waals surface area contributed by atoms with E-state index in [1.54, 1.807) is 0 Å². The number of hydrogen-bond acceptors (Lipinski definition) is 4. The van der Waals surface area contributed by atoms with Gasteiger partial charge in [-0.15, -0.1) is 0 Å². The molecule has 7 heteroatoms. The highest BCUT2D eigenvalue weighted by molar-refractivity contribution is 7.92. The van der Waals surface area contributed by atoms with Gasteiger partial charge < -0.3 is 0 Å². The molecule has 0 aromatic heterocycles. The first-order valence-corrected chi connectivity index (χ1v) is 9.97. The molecule has 0 radical (unpaired) electrons. The van der Waals surface area contributed by atoms with Crippen LogP contribution >= 0.6 is 0 Å². The first-order chi connectivity index (χ1) is 8.39. The van der Waals surface area contributed by atoms with Gasteiger partial charge in [0, 0.05) is 6.04 Å². The van der Waals surface area contributed by atoms with Crippen LogP contribution < -0.4 is 4.72 Å². The Morgan fingerprint density at radius 3 is 2.00 bits per heavy atom. The second-order valence-corrected chi connectivity index (χ2v) is 9.64. The van der Waals surface area contributed by atoms with Crippen molar-refractivity contribution in [3.63, 3.8) is 0 Å². The Morgan fingerprint density at radius 2 is 1.44 bits per heavy atom. The van der Waals surface area contributed by atoms with Gasteiger partial charge in [0.25, 0.3) is 0 Å². The van der Waals surface area contributed by atoms with E-state index in [1.165, 1.54) is 6.42 Å². The number of rotatable bonds is 3. The van der Waals surface area contributed by atoms with Gasteiger partial charge in [-0.2, -0.15) is 0 Å². The van der Waals surface area contributed by atoms with Crippen molar-refractivity contribution in [2.75, 3.05) is 11.5 Å². The maximum absolute atomic E-state index is 12.2. The molecule has 2 fully saturated rings. The zero-order chi connectivity index (χ0) is 13.2. The third kappa shape index (κ3) is 3.68. The average Bonchev–Trinajstić information content (AvgIpc) is 2.29. The molecular formula is C11H21NO4S2. The van der Waals surface area contributed by atoms with Crippen LogP contribution in [0.1, 0.15) is 44.9 Å². The summed E-state index contributed by atoms with van der Waals surface area (Å²) >= 11 is 0. The minimum atomic E-state index is -3.35. The summed E-state index contributed by atoms with van der Waals surface area (Å²) in [4.78, 5) is 0. The molecule has 0 atom stereocenters. The molecular weight excluding hydrogens is 274 g/mol. The zero-order valence-corrected chi connectivity index (χ0v) is 12.1. The van der Waals surface area contributed by atoms with Crippen molar-refractivity contribution in [1.29, 1.82) is 0 Å². The summed E-state index contributed by atoms with van der Waals surface area (Å²) in [7, 11) is -6.35. The van der Waals surface area contributed by atoms with Gasteiger partial charge in [-0.05, 0) is 25.7 Å². The van der Waals surface area contributed by atoms with Gasteiger partial charge in [0.15, 0.2) is 0 Å². The molecule has 0 amide bonds. The Hall–Kier alpha value is -0.140. The van der Waals surface area contributed by atoms with Gasteiger partial charge in [-0.1, -0.05) is 19.3 Å². The van der Waals surface area contributed by atoms with Crippen LogP contribution in [0.2, 0.25) is 0 Å². The van der Waals surface area contributed by atoms with E-state index in [9.17, 15) is 16.8 Å². The van der Waals surface area contributed by atoms with E-state index in [-0.39, 0.29) is 30.4 Å². The highest BCUT2D eigenvalue weighted by Gasteiger charge is 2.34. The van der Waals surface area contributed by atoms with Gasteiger partial charge in [0.2, 0.25) is 10.0 Å². The van der Waals surface area contributed by atoms with Crippen LogP contribution in [0.15, 0.2) is 0 Å². The molecule has 2 rings (SSSR count). The molecule has 1 aliphatic heterocycles. The molecule has 0 aromatic carbocycles. The molecule has 106 valence electrons. The lowest BCUT2D eigenvalue weighted by Crippen LogP contribution is -2.44. The average molecular weight is 295 g/mol. The van der Waals surface area contributed by atoms with Crippen molar-refractivity contribution in [2.24, 2.45) is 0 Å². The number of sulfone groups is 1. The van der Waals surface area contributed by atoms with Crippen molar-refractivity contribution >= 4 is 19.9 Å². The van der Waals surface area contributed by atoms with Gasteiger partial charge in [0.05, 0.1) is 16.8 Å². The lowest BCUT2D eigenvalue weighted by molar-refractivity contribution is 0.409. The summed E-state index contributed by atoms with van der Waals surface area (Å²) in [6.45, 7) is 0. The molecule has 2 aliphatic rings. The molecule has 5 nitrogen and oxygen atoms in total. The van der Waals surface area contributed by atoms with E-state index in [0.717, 1.165) is 25.7 Å². The molecule has 0 bridgehead atoms. The van der Waals surface area contributed by atoms with Crippen molar-refractivity contribution in [2.45, 2.75) is 56.2 Å². The van der Waals surface area contributed by atoms with E-state index in [1.807, 2.05) is 0 Å². The summed E-state index contributed by atoms with van der Waals surface area (Å²) in [6.07, 6.45) is 5.63. The minimum Gasteiger partial charge on any atom is -0.229 e. The second kappa shape index (κ2) is 5.46. The molecule has 1 N–H and O–H groups in total. The predicted octanol–water partition coefficient (Wildman–Crippen LogP) is 0.816. The fraction of sp³-hybridized carbons (Fsp3) is 1.00. The lowest BCUT2D eigenvalue weighted by atomic mass is 9.96. The molecule has 0 spiro atoms. The standard InChI is InChI=1S/C11H21NO4S2/c13-17(14)8-6-11(7-9-17)18(15,16)12-10-4-2-1-3-5-10/h10-12H,1-9H2.